The van der Waals surface area contributed by atoms with Crippen LogP contribution in [0.1, 0.15) is 16.8 Å². The van der Waals surface area contributed by atoms with Gasteiger partial charge in [-0.2, -0.15) is 18.3 Å². The fourth-order valence-corrected chi connectivity index (χ4v) is 3.35. The zero-order valence-electron chi connectivity index (χ0n) is 17.1. The minimum absolute atomic E-state index is 0.0500. The van der Waals surface area contributed by atoms with Gasteiger partial charge in [0.1, 0.15) is 18.1 Å². The van der Waals surface area contributed by atoms with Crippen LogP contribution in [0.2, 0.25) is 25.7 Å². The number of nitrogens with one attached hydrogen (secondary N) is 1. The first-order chi connectivity index (χ1) is 14.1. The summed E-state index contributed by atoms with van der Waals surface area (Å²) in [6.45, 7) is 7.62. The van der Waals surface area contributed by atoms with Crippen LogP contribution in [0.3, 0.4) is 0 Å². The highest BCUT2D eigenvalue weighted by Gasteiger charge is 2.33. The molecule has 30 heavy (non-hydrogen) atoms. The molecular weight excluding hydrogens is 411 g/mol. The molecule has 6 nitrogen and oxygen atoms in total. The van der Waals surface area contributed by atoms with Gasteiger partial charge in [0.15, 0.2) is 5.82 Å². The molecule has 0 atom stereocenters. The Bertz CT molecular complexity index is 990. The third-order valence-corrected chi connectivity index (χ3v) is 5.96. The quantitative estimate of drug-likeness (QED) is 0.392. The van der Waals surface area contributed by atoms with Gasteiger partial charge in [0.25, 0.3) is 0 Å². The van der Waals surface area contributed by atoms with Crippen molar-refractivity contribution >= 4 is 20.2 Å². The SMILES string of the molecule is C[Si](C)(C)CCOCn1cc(C=Cc2cccnc2)c(-c2ncc(C(F)(F)F)[nH]2)n1. The van der Waals surface area contributed by atoms with Crippen LogP contribution in [0, 0.1) is 0 Å². The number of H-pyrrole nitrogens is 1. The molecule has 0 unspecified atom stereocenters. The first-order valence-electron chi connectivity index (χ1n) is 9.48. The van der Waals surface area contributed by atoms with Gasteiger partial charge < -0.3 is 9.72 Å². The molecule has 3 aromatic rings. The normalized spacial score (nSPS) is 12.7. The molecule has 0 amide bonds. The van der Waals surface area contributed by atoms with E-state index in [0.29, 0.717) is 17.9 Å². The van der Waals surface area contributed by atoms with E-state index in [4.69, 9.17) is 4.74 Å². The molecule has 0 saturated heterocycles. The second-order valence-corrected chi connectivity index (χ2v) is 13.7. The zero-order chi connectivity index (χ0) is 21.8. The van der Waals surface area contributed by atoms with Crippen LogP contribution in [0.25, 0.3) is 23.7 Å². The summed E-state index contributed by atoms with van der Waals surface area (Å²) >= 11 is 0. The van der Waals surface area contributed by atoms with E-state index in [-0.39, 0.29) is 12.6 Å². The first kappa shape index (κ1) is 22.0. The van der Waals surface area contributed by atoms with Gasteiger partial charge in [-0.1, -0.05) is 37.9 Å². The van der Waals surface area contributed by atoms with E-state index in [2.05, 4.69) is 39.7 Å². The fraction of sp³-hybridized carbons (Fsp3) is 0.350. The van der Waals surface area contributed by atoms with Gasteiger partial charge in [-0.3, -0.25) is 4.98 Å². The van der Waals surface area contributed by atoms with Crippen LogP contribution in [0.5, 0.6) is 0 Å². The van der Waals surface area contributed by atoms with Crippen molar-refractivity contribution in [2.24, 2.45) is 0 Å². The lowest BCUT2D eigenvalue weighted by molar-refractivity contribution is -0.140. The number of alkyl halides is 3. The van der Waals surface area contributed by atoms with Crippen molar-refractivity contribution in [1.29, 1.82) is 0 Å². The average molecular weight is 436 g/mol. The van der Waals surface area contributed by atoms with Crippen molar-refractivity contribution in [2.75, 3.05) is 6.61 Å². The smallest absolute Gasteiger partial charge is 0.360 e. The van der Waals surface area contributed by atoms with E-state index in [1.54, 1.807) is 35.4 Å². The Hall–Kier alpha value is -2.72. The summed E-state index contributed by atoms with van der Waals surface area (Å²) in [7, 11) is -1.21. The molecule has 0 aromatic carbocycles. The summed E-state index contributed by atoms with van der Waals surface area (Å²) in [6, 6.07) is 4.70. The van der Waals surface area contributed by atoms with E-state index in [1.165, 1.54) is 0 Å². The molecule has 0 radical (unpaired) electrons. The highest BCUT2D eigenvalue weighted by atomic mass is 28.3. The molecule has 160 valence electrons. The predicted molar refractivity (Wildman–Crippen MR) is 112 cm³/mol. The van der Waals surface area contributed by atoms with Gasteiger partial charge in [0.05, 0.1) is 6.20 Å². The number of hydrogen-bond donors (Lipinski definition) is 1. The maximum Gasteiger partial charge on any atom is 0.432 e. The number of hydrogen-bond acceptors (Lipinski definition) is 4. The topological polar surface area (TPSA) is 68.6 Å². The van der Waals surface area contributed by atoms with Gasteiger partial charge >= 0.3 is 6.18 Å². The summed E-state index contributed by atoms with van der Waals surface area (Å²) in [4.78, 5) is 10.2. The van der Waals surface area contributed by atoms with Crippen LogP contribution >= 0.6 is 0 Å². The number of aromatic nitrogens is 5. The summed E-state index contributed by atoms with van der Waals surface area (Å²) in [5.41, 5.74) is 0.883. The molecule has 3 rings (SSSR count). The molecule has 10 heteroatoms. The Kier molecular flexibility index (Phi) is 6.57. The highest BCUT2D eigenvalue weighted by Crippen LogP contribution is 2.30. The molecular formula is C20H24F3N5OSi. The first-order valence-corrected chi connectivity index (χ1v) is 13.2. The Labute approximate surface area is 173 Å². The zero-order valence-corrected chi connectivity index (χ0v) is 18.1. The van der Waals surface area contributed by atoms with E-state index in [1.807, 2.05) is 12.1 Å². The Morgan fingerprint density at radius 1 is 1.20 bits per heavy atom. The van der Waals surface area contributed by atoms with Crippen LogP contribution < -0.4 is 0 Å². The average Bonchev–Trinajstić information content (AvgIpc) is 3.30. The van der Waals surface area contributed by atoms with Gasteiger partial charge in [-0.25, -0.2) is 9.67 Å². The number of rotatable bonds is 8. The van der Waals surface area contributed by atoms with Gasteiger partial charge in [-0.15, -0.1) is 0 Å². The summed E-state index contributed by atoms with van der Waals surface area (Å²) < 4.78 is 46.2. The second-order valence-electron chi connectivity index (χ2n) is 8.08. The van der Waals surface area contributed by atoms with E-state index < -0.39 is 19.9 Å². The minimum atomic E-state index is -4.50. The van der Waals surface area contributed by atoms with Crippen molar-refractivity contribution < 1.29 is 17.9 Å². The fourth-order valence-electron chi connectivity index (χ4n) is 2.59. The van der Waals surface area contributed by atoms with Gasteiger partial charge in [-0.05, 0) is 17.7 Å². The molecule has 0 saturated carbocycles. The Balaban J connectivity index is 1.84. The van der Waals surface area contributed by atoms with E-state index in [9.17, 15) is 13.2 Å². The summed E-state index contributed by atoms with van der Waals surface area (Å²) in [5.74, 6) is 0.0500. The largest absolute Gasteiger partial charge is 0.432 e. The summed E-state index contributed by atoms with van der Waals surface area (Å²) in [5, 5.41) is 4.40. The maximum absolute atomic E-state index is 13.0. The third kappa shape index (κ3) is 6.14. The number of halogens is 3. The molecule has 0 fully saturated rings. The Morgan fingerprint density at radius 2 is 2.00 bits per heavy atom. The standard InChI is InChI=1S/C20H24F3N5OSi/c1-30(2,3)10-9-29-14-28-13-16(7-6-15-5-4-8-24-11-15)18(27-28)19-25-12-17(26-19)20(21,22)23/h4-8,11-13H,9-10,14H2,1-3H3,(H,25,26). The van der Waals surface area contributed by atoms with Crippen LogP contribution in [0.15, 0.2) is 36.9 Å². The van der Waals surface area contributed by atoms with Crippen LogP contribution in [-0.4, -0.2) is 39.4 Å². The molecule has 3 heterocycles. The third-order valence-electron chi connectivity index (χ3n) is 4.26. The lowest BCUT2D eigenvalue weighted by atomic mass is 10.2. The van der Waals surface area contributed by atoms with Crippen molar-refractivity contribution in [3.05, 3.63) is 53.7 Å². The molecule has 0 bridgehead atoms. The molecule has 0 aliphatic carbocycles. The minimum Gasteiger partial charge on any atom is -0.360 e. The summed E-state index contributed by atoms with van der Waals surface area (Å²) in [6.07, 6.45) is 4.94. The monoisotopic (exact) mass is 435 g/mol. The van der Waals surface area contributed by atoms with Crippen LogP contribution in [-0.2, 0) is 17.6 Å². The number of aromatic amines is 1. The number of ether oxygens (including phenoxy) is 1. The number of pyridine rings is 1. The lowest BCUT2D eigenvalue weighted by Gasteiger charge is -2.15. The van der Waals surface area contributed by atoms with Crippen molar-refractivity contribution in [3.8, 4) is 11.5 Å². The van der Waals surface area contributed by atoms with Crippen molar-refractivity contribution in [3.63, 3.8) is 0 Å². The van der Waals surface area contributed by atoms with Crippen molar-refractivity contribution in [1.82, 2.24) is 24.7 Å². The maximum atomic E-state index is 13.0. The predicted octanol–water partition coefficient (Wildman–Crippen LogP) is 5.17. The van der Waals surface area contributed by atoms with E-state index in [0.717, 1.165) is 17.8 Å². The molecule has 0 aliphatic heterocycles. The number of imidazole rings is 1. The van der Waals surface area contributed by atoms with Crippen LogP contribution in [0.4, 0.5) is 13.2 Å². The molecule has 3 aromatic heterocycles. The molecule has 1 N–H and O–H groups in total. The molecule has 0 spiro atoms. The van der Waals surface area contributed by atoms with Crippen molar-refractivity contribution in [2.45, 2.75) is 38.6 Å². The highest BCUT2D eigenvalue weighted by molar-refractivity contribution is 6.76. The lowest BCUT2D eigenvalue weighted by Crippen LogP contribution is -2.22. The van der Waals surface area contributed by atoms with Gasteiger partial charge in [0.2, 0.25) is 0 Å². The second kappa shape index (κ2) is 8.96. The van der Waals surface area contributed by atoms with Gasteiger partial charge in [0, 0.05) is 38.8 Å². The molecule has 0 aliphatic rings. The Morgan fingerprint density at radius 3 is 2.63 bits per heavy atom. The van der Waals surface area contributed by atoms with E-state index >= 15 is 0 Å². The number of nitrogens with zero attached hydrogens (tertiary/aromatic N) is 4.